The van der Waals surface area contributed by atoms with Gasteiger partial charge >= 0.3 is 0 Å². The number of carbonyl (C=O) groups excluding carboxylic acids is 1. The van der Waals surface area contributed by atoms with Crippen molar-refractivity contribution in [3.63, 3.8) is 0 Å². The van der Waals surface area contributed by atoms with Crippen LogP contribution in [0.1, 0.15) is 19.4 Å². The predicted molar refractivity (Wildman–Crippen MR) is 105 cm³/mol. The topological polar surface area (TPSA) is 61.9 Å². The highest BCUT2D eigenvalue weighted by Crippen LogP contribution is 2.25. The molecule has 7 heteroatoms. The Hall–Kier alpha value is -2.67. The summed E-state index contributed by atoms with van der Waals surface area (Å²) in [6, 6.07) is 16.3. The predicted octanol–water partition coefficient (Wildman–Crippen LogP) is 4.14. The number of thioether (sulfide) groups is 1. The zero-order valence-corrected chi connectivity index (χ0v) is 16.0. The largest absolute Gasteiger partial charge is 0.338 e. The molecule has 3 aromatic rings. The summed E-state index contributed by atoms with van der Waals surface area (Å²) in [5, 5.41) is 6.93. The second-order valence-electron chi connectivity index (χ2n) is 6.04. The maximum absolute atomic E-state index is 13.9. The van der Waals surface area contributed by atoms with Crippen molar-refractivity contribution in [2.45, 2.75) is 30.8 Å². The van der Waals surface area contributed by atoms with Gasteiger partial charge in [-0.05, 0) is 31.5 Å². The van der Waals surface area contributed by atoms with E-state index in [2.05, 4.69) is 15.2 Å². The fourth-order valence-electron chi connectivity index (χ4n) is 2.69. The van der Waals surface area contributed by atoms with Crippen molar-refractivity contribution in [2.75, 3.05) is 6.54 Å². The van der Waals surface area contributed by atoms with Crippen molar-refractivity contribution in [3.8, 4) is 11.4 Å². The first kappa shape index (κ1) is 19.1. The average Bonchev–Trinajstić information content (AvgIpc) is 3.15. The zero-order chi connectivity index (χ0) is 19.2. The minimum atomic E-state index is -0.366. The van der Waals surface area contributed by atoms with Crippen LogP contribution >= 0.6 is 11.8 Å². The lowest BCUT2D eigenvalue weighted by Gasteiger charge is -2.23. The number of halogens is 1. The maximum Gasteiger partial charge on any atom is 0.236 e. The van der Waals surface area contributed by atoms with E-state index in [0.717, 1.165) is 5.56 Å². The van der Waals surface area contributed by atoms with Crippen LogP contribution in [0.25, 0.3) is 11.4 Å². The first-order chi connectivity index (χ1) is 13.1. The first-order valence-corrected chi connectivity index (χ1v) is 9.63. The molecule has 0 spiro atoms. The van der Waals surface area contributed by atoms with Crippen LogP contribution in [0.2, 0.25) is 0 Å². The van der Waals surface area contributed by atoms with E-state index < -0.39 is 0 Å². The second kappa shape index (κ2) is 8.81. The van der Waals surface area contributed by atoms with E-state index in [-0.39, 0.29) is 17.0 Å². The smallest absolute Gasteiger partial charge is 0.236 e. The van der Waals surface area contributed by atoms with Gasteiger partial charge in [0, 0.05) is 13.1 Å². The van der Waals surface area contributed by atoms with Crippen molar-refractivity contribution >= 4 is 17.7 Å². The fraction of sp³-hybridized carbons (Fsp3) is 0.250. The van der Waals surface area contributed by atoms with E-state index in [1.165, 1.54) is 17.8 Å². The van der Waals surface area contributed by atoms with Gasteiger partial charge < -0.3 is 4.90 Å². The third-order valence-corrected chi connectivity index (χ3v) is 5.08. The number of rotatable bonds is 7. The molecule has 1 atom stereocenters. The summed E-state index contributed by atoms with van der Waals surface area (Å²) in [7, 11) is 0. The standard InChI is InChI=1S/C20H21FN4OS/c1-3-25(13-15-9-5-4-6-10-15)19(26)14(2)27-20-22-18(23-24-20)16-11-7-8-12-17(16)21/h4-12,14H,3,13H2,1-2H3,(H,22,23,24). The number of hydrogen-bond donors (Lipinski definition) is 1. The lowest BCUT2D eigenvalue weighted by atomic mass is 10.2. The Kier molecular flexibility index (Phi) is 6.24. The molecule has 0 saturated carbocycles. The van der Waals surface area contributed by atoms with Crippen molar-refractivity contribution in [3.05, 3.63) is 66.0 Å². The lowest BCUT2D eigenvalue weighted by Crippen LogP contribution is -2.36. The van der Waals surface area contributed by atoms with Gasteiger partial charge in [-0.1, -0.05) is 54.2 Å². The molecule has 0 aliphatic heterocycles. The van der Waals surface area contributed by atoms with E-state index in [1.54, 1.807) is 23.1 Å². The molecule has 0 saturated heterocycles. The summed E-state index contributed by atoms with van der Waals surface area (Å²) in [6.45, 7) is 4.98. The van der Waals surface area contributed by atoms with Crippen molar-refractivity contribution in [2.24, 2.45) is 0 Å². The minimum absolute atomic E-state index is 0.0172. The molecule has 1 unspecified atom stereocenters. The third-order valence-electron chi connectivity index (χ3n) is 4.13. The van der Waals surface area contributed by atoms with Crippen LogP contribution in [0.15, 0.2) is 59.8 Å². The van der Waals surface area contributed by atoms with Gasteiger partial charge in [0.25, 0.3) is 0 Å². The van der Waals surface area contributed by atoms with Gasteiger partial charge in [-0.2, -0.15) is 0 Å². The Morgan fingerprint density at radius 1 is 1.19 bits per heavy atom. The van der Waals surface area contributed by atoms with Crippen LogP contribution in [0.4, 0.5) is 4.39 Å². The third kappa shape index (κ3) is 4.74. The zero-order valence-electron chi connectivity index (χ0n) is 15.2. The SMILES string of the molecule is CCN(Cc1ccccc1)C(=O)C(C)Sc1n[nH]c(-c2ccccc2F)n1. The molecule has 2 aromatic carbocycles. The Bertz CT molecular complexity index is 900. The number of nitrogens with one attached hydrogen (secondary N) is 1. The number of aromatic nitrogens is 3. The molecule has 1 heterocycles. The molecule has 140 valence electrons. The van der Waals surface area contributed by atoms with Crippen molar-refractivity contribution in [1.29, 1.82) is 0 Å². The number of nitrogens with zero attached hydrogens (tertiary/aromatic N) is 3. The number of carbonyl (C=O) groups is 1. The highest BCUT2D eigenvalue weighted by molar-refractivity contribution is 8.00. The summed E-state index contributed by atoms with van der Waals surface area (Å²) < 4.78 is 13.9. The van der Waals surface area contributed by atoms with Crippen LogP contribution in [0.3, 0.4) is 0 Å². The number of H-pyrrole nitrogens is 1. The molecular formula is C20H21FN4OS. The molecule has 1 aromatic heterocycles. The van der Waals surface area contributed by atoms with Crippen LogP contribution in [0.5, 0.6) is 0 Å². The Morgan fingerprint density at radius 3 is 2.59 bits per heavy atom. The van der Waals surface area contributed by atoms with Gasteiger partial charge in [0.05, 0.1) is 10.8 Å². The van der Waals surface area contributed by atoms with Crippen molar-refractivity contribution in [1.82, 2.24) is 20.1 Å². The van der Waals surface area contributed by atoms with Gasteiger partial charge in [-0.15, -0.1) is 5.10 Å². The molecule has 0 bridgehead atoms. The monoisotopic (exact) mass is 384 g/mol. The molecule has 27 heavy (non-hydrogen) atoms. The summed E-state index contributed by atoms with van der Waals surface area (Å²) in [5.41, 5.74) is 1.44. The molecule has 0 aliphatic carbocycles. The highest BCUT2D eigenvalue weighted by Gasteiger charge is 2.22. The summed E-state index contributed by atoms with van der Waals surface area (Å²) >= 11 is 1.26. The summed E-state index contributed by atoms with van der Waals surface area (Å²) in [4.78, 5) is 18.9. The molecule has 1 N–H and O–H groups in total. The quantitative estimate of drug-likeness (QED) is 0.622. The number of benzene rings is 2. The Balaban J connectivity index is 1.66. The number of amides is 1. The lowest BCUT2D eigenvalue weighted by molar-refractivity contribution is -0.130. The van der Waals surface area contributed by atoms with Crippen LogP contribution in [-0.4, -0.2) is 37.8 Å². The van der Waals surface area contributed by atoms with Crippen LogP contribution in [-0.2, 0) is 11.3 Å². The summed E-state index contributed by atoms with van der Waals surface area (Å²) in [5.74, 6) is 0.00446. The van der Waals surface area contributed by atoms with E-state index in [4.69, 9.17) is 0 Å². The Labute approximate surface area is 162 Å². The fourth-order valence-corrected chi connectivity index (χ4v) is 3.50. The van der Waals surface area contributed by atoms with Gasteiger partial charge in [0.15, 0.2) is 5.82 Å². The molecule has 0 fully saturated rings. The molecule has 3 rings (SSSR count). The van der Waals surface area contributed by atoms with Crippen LogP contribution < -0.4 is 0 Å². The number of hydrogen-bond acceptors (Lipinski definition) is 4. The van der Waals surface area contributed by atoms with Gasteiger partial charge in [0.2, 0.25) is 11.1 Å². The molecular weight excluding hydrogens is 363 g/mol. The van der Waals surface area contributed by atoms with E-state index in [1.807, 2.05) is 44.2 Å². The minimum Gasteiger partial charge on any atom is -0.338 e. The molecule has 1 amide bonds. The average molecular weight is 384 g/mol. The van der Waals surface area contributed by atoms with Crippen molar-refractivity contribution < 1.29 is 9.18 Å². The molecule has 0 radical (unpaired) electrons. The van der Waals surface area contributed by atoms with Crippen LogP contribution in [0, 0.1) is 5.82 Å². The van der Waals surface area contributed by atoms with E-state index >= 15 is 0 Å². The van der Waals surface area contributed by atoms with Gasteiger partial charge in [-0.25, -0.2) is 9.37 Å². The number of aromatic amines is 1. The first-order valence-electron chi connectivity index (χ1n) is 8.75. The van der Waals surface area contributed by atoms with E-state index in [9.17, 15) is 9.18 Å². The molecule has 0 aliphatic rings. The van der Waals surface area contributed by atoms with Gasteiger partial charge in [0.1, 0.15) is 5.82 Å². The normalized spacial score (nSPS) is 12.0. The summed E-state index contributed by atoms with van der Waals surface area (Å²) in [6.07, 6.45) is 0. The second-order valence-corrected chi connectivity index (χ2v) is 7.35. The maximum atomic E-state index is 13.9. The Morgan fingerprint density at radius 2 is 1.89 bits per heavy atom. The van der Waals surface area contributed by atoms with E-state index in [0.29, 0.717) is 29.6 Å². The van der Waals surface area contributed by atoms with Gasteiger partial charge in [-0.3, -0.25) is 9.89 Å². The molecule has 5 nitrogen and oxygen atoms in total. The highest BCUT2D eigenvalue weighted by atomic mass is 32.2.